The van der Waals surface area contributed by atoms with Crippen LogP contribution >= 0.6 is 0 Å². The second-order valence-corrected chi connectivity index (χ2v) is 2.74. The second-order valence-electron chi connectivity index (χ2n) is 2.74. The van der Waals surface area contributed by atoms with Crippen LogP contribution in [0.25, 0.3) is 0 Å². The zero-order chi connectivity index (χ0) is 9.40. The molecule has 2 nitrogen and oxygen atoms in total. The van der Waals surface area contributed by atoms with Crippen LogP contribution < -0.4 is 0 Å². The molecule has 2 heteroatoms. The lowest BCUT2D eigenvalue weighted by atomic mass is 10.1. The van der Waals surface area contributed by atoms with Crippen molar-refractivity contribution in [3.8, 4) is 0 Å². The molecule has 0 aliphatic carbocycles. The molecule has 0 aromatic heterocycles. The van der Waals surface area contributed by atoms with Crippen molar-refractivity contribution in [1.82, 2.24) is 0 Å². The van der Waals surface area contributed by atoms with E-state index < -0.39 is 12.2 Å². The van der Waals surface area contributed by atoms with Gasteiger partial charge in [0.05, 0.1) is 12.2 Å². The lowest BCUT2D eigenvalue weighted by Crippen LogP contribution is -2.24. The van der Waals surface area contributed by atoms with Gasteiger partial charge in [0, 0.05) is 0 Å². The average Bonchev–Trinajstić information content (AvgIpc) is 2.10. The summed E-state index contributed by atoms with van der Waals surface area (Å²) in [6.07, 6.45) is 7.20. The topological polar surface area (TPSA) is 40.5 Å². The number of rotatable bonds is 5. The maximum atomic E-state index is 9.34. The molecule has 0 aromatic carbocycles. The zero-order valence-electron chi connectivity index (χ0n) is 7.77. The quantitative estimate of drug-likeness (QED) is 0.616. The largest absolute Gasteiger partial charge is 0.390 e. The van der Waals surface area contributed by atoms with Crippen LogP contribution in [0, 0.1) is 0 Å². The molecule has 0 fully saturated rings. The van der Waals surface area contributed by atoms with Gasteiger partial charge in [-0.2, -0.15) is 0 Å². The first-order valence-electron chi connectivity index (χ1n) is 4.30. The van der Waals surface area contributed by atoms with Crippen molar-refractivity contribution >= 4 is 0 Å². The summed E-state index contributed by atoms with van der Waals surface area (Å²) in [6.45, 7) is 3.79. The fourth-order valence-corrected chi connectivity index (χ4v) is 0.865. The van der Waals surface area contributed by atoms with Crippen LogP contribution in [0.4, 0.5) is 0 Å². The molecule has 2 N–H and O–H groups in total. The molecule has 0 aromatic rings. The Kier molecular flexibility index (Phi) is 6.72. The summed E-state index contributed by atoms with van der Waals surface area (Å²) in [7, 11) is 0. The van der Waals surface area contributed by atoms with E-state index in [0.717, 1.165) is 0 Å². The number of allylic oxidation sites excluding steroid dienone is 2. The van der Waals surface area contributed by atoms with Gasteiger partial charge in [0.1, 0.15) is 0 Å². The van der Waals surface area contributed by atoms with Crippen LogP contribution in [-0.2, 0) is 0 Å². The molecule has 0 saturated carbocycles. The number of hydrogen-bond acceptors (Lipinski definition) is 2. The summed E-state index contributed by atoms with van der Waals surface area (Å²) in [5.41, 5.74) is 0. The maximum Gasteiger partial charge on any atom is 0.0836 e. The van der Waals surface area contributed by atoms with E-state index >= 15 is 0 Å². The molecule has 0 bridgehead atoms. The Hall–Kier alpha value is -0.600. The maximum absolute atomic E-state index is 9.34. The highest BCUT2D eigenvalue weighted by molar-refractivity contribution is 4.87. The summed E-state index contributed by atoms with van der Waals surface area (Å²) in [4.78, 5) is 0. The summed E-state index contributed by atoms with van der Waals surface area (Å²) in [6, 6.07) is 0. The van der Waals surface area contributed by atoms with Gasteiger partial charge in [-0.15, -0.1) is 0 Å². The molecular formula is C10H18O2. The van der Waals surface area contributed by atoms with E-state index in [2.05, 4.69) is 0 Å². The summed E-state index contributed by atoms with van der Waals surface area (Å²) >= 11 is 0. The van der Waals surface area contributed by atoms with E-state index in [1.165, 1.54) is 0 Å². The first-order valence-corrected chi connectivity index (χ1v) is 4.30. The highest BCUT2D eigenvalue weighted by Gasteiger charge is 2.12. The Morgan fingerprint density at radius 1 is 0.917 bits per heavy atom. The van der Waals surface area contributed by atoms with Gasteiger partial charge in [0.15, 0.2) is 0 Å². The van der Waals surface area contributed by atoms with Crippen molar-refractivity contribution in [1.29, 1.82) is 0 Å². The predicted molar refractivity (Wildman–Crippen MR) is 50.9 cm³/mol. The van der Waals surface area contributed by atoms with Crippen LogP contribution in [0.15, 0.2) is 24.3 Å². The van der Waals surface area contributed by atoms with Gasteiger partial charge in [0.2, 0.25) is 0 Å². The van der Waals surface area contributed by atoms with Gasteiger partial charge in [0.25, 0.3) is 0 Å². The van der Waals surface area contributed by atoms with Gasteiger partial charge in [-0.25, -0.2) is 0 Å². The standard InChI is InChI=1S/C10H18O2/c1-3-5-7-9(11)10(12)8-6-4-2/h3-6,9-12H,7-8H2,1-2H3. The zero-order valence-corrected chi connectivity index (χ0v) is 7.77. The van der Waals surface area contributed by atoms with Crippen molar-refractivity contribution in [3.05, 3.63) is 24.3 Å². The van der Waals surface area contributed by atoms with Gasteiger partial charge in [-0.3, -0.25) is 0 Å². The van der Waals surface area contributed by atoms with Crippen LogP contribution in [0.2, 0.25) is 0 Å². The molecule has 2 atom stereocenters. The molecule has 0 radical (unpaired) electrons. The van der Waals surface area contributed by atoms with Crippen molar-refractivity contribution < 1.29 is 10.2 Å². The SMILES string of the molecule is CC=CCC(O)C(O)CC=CC. The van der Waals surface area contributed by atoms with Gasteiger partial charge in [-0.1, -0.05) is 24.3 Å². The Balaban J connectivity index is 3.67. The number of aliphatic hydroxyl groups is 2. The normalized spacial score (nSPS) is 17.3. The fraction of sp³-hybridized carbons (Fsp3) is 0.600. The summed E-state index contributed by atoms with van der Waals surface area (Å²) in [5, 5.41) is 18.7. The minimum absolute atomic E-state index is 0.523. The van der Waals surface area contributed by atoms with Crippen LogP contribution in [0.5, 0.6) is 0 Å². The van der Waals surface area contributed by atoms with Crippen molar-refractivity contribution in [3.63, 3.8) is 0 Å². The Labute approximate surface area is 74.2 Å². The number of aliphatic hydroxyl groups excluding tert-OH is 2. The van der Waals surface area contributed by atoms with E-state index in [0.29, 0.717) is 12.8 Å². The van der Waals surface area contributed by atoms with Crippen LogP contribution in [0.1, 0.15) is 26.7 Å². The van der Waals surface area contributed by atoms with E-state index in [9.17, 15) is 10.2 Å². The third kappa shape index (κ3) is 5.10. The van der Waals surface area contributed by atoms with Gasteiger partial charge >= 0.3 is 0 Å². The summed E-state index contributed by atoms with van der Waals surface area (Å²) in [5.74, 6) is 0. The first kappa shape index (κ1) is 11.4. The minimum Gasteiger partial charge on any atom is -0.390 e. The highest BCUT2D eigenvalue weighted by atomic mass is 16.3. The molecule has 70 valence electrons. The molecule has 0 amide bonds. The Morgan fingerprint density at radius 2 is 1.25 bits per heavy atom. The molecule has 0 rings (SSSR count). The predicted octanol–water partition coefficient (Wildman–Crippen LogP) is 1.64. The lowest BCUT2D eigenvalue weighted by molar-refractivity contribution is 0.0238. The first-order chi connectivity index (χ1) is 5.72. The van der Waals surface area contributed by atoms with Crippen LogP contribution in [-0.4, -0.2) is 22.4 Å². The van der Waals surface area contributed by atoms with Crippen LogP contribution in [0.3, 0.4) is 0 Å². The molecule has 0 aliphatic heterocycles. The fourth-order valence-electron chi connectivity index (χ4n) is 0.865. The molecule has 0 saturated heterocycles. The molecule has 0 aliphatic rings. The molecule has 0 spiro atoms. The third-order valence-corrected chi connectivity index (χ3v) is 1.67. The van der Waals surface area contributed by atoms with Gasteiger partial charge in [-0.05, 0) is 26.7 Å². The van der Waals surface area contributed by atoms with E-state index in [4.69, 9.17) is 0 Å². The molecule has 2 unspecified atom stereocenters. The Morgan fingerprint density at radius 3 is 1.50 bits per heavy atom. The van der Waals surface area contributed by atoms with Crippen molar-refractivity contribution in [2.45, 2.75) is 38.9 Å². The third-order valence-electron chi connectivity index (χ3n) is 1.67. The lowest BCUT2D eigenvalue weighted by Gasteiger charge is -2.13. The van der Waals surface area contributed by atoms with Gasteiger partial charge < -0.3 is 10.2 Å². The Bertz CT molecular complexity index is 132. The van der Waals surface area contributed by atoms with E-state index in [-0.39, 0.29) is 0 Å². The number of hydrogen-bond donors (Lipinski definition) is 2. The smallest absolute Gasteiger partial charge is 0.0836 e. The average molecular weight is 170 g/mol. The van der Waals surface area contributed by atoms with Crippen molar-refractivity contribution in [2.75, 3.05) is 0 Å². The second kappa shape index (κ2) is 7.07. The molecular weight excluding hydrogens is 152 g/mol. The summed E-state index contributed by atoms with van der Waals surface area (Å²) < 4.78 is 0. The highest BCUT2D eigenvalue weighted by Crippen LogP contribution is 2.04. The van der Waals surface area contributed by atoms with E-state index in [1.54, 1.807) is 0 Å². The minimum atomic E-state index is -0.641. The molecule has 12 heavy (non-hydrogen) atoms. The molecule has 0 heterocycles. The van der Waals surface area contributed by atoms with E-state index in [1.807, 2.05) is 38.2 Å². The van der Waals surface area contributed by atoms with Crippen molar-refractivity contribution in [2.24, 2.45) is 0 Å². The monoisotopic (exact) mass is 170 g/mol.